The molecule has 1 saturated heterocycles. The van der Waals surface area contributed by atoms with E-state index in [9.17, 15) is 9.90 Å². The smallest absolute Gasteiger partial charge is 0.373 e. The van der Waals surface area contributed by atoms with Crippen molar-refractivity contribution in [1.29, 1.82) is 0 Å². The molecule has 100 valence electrons. The van der Waals surface area contributed by atoms with Crippen LogP contribution in [0.2, 0.25) is 0 Å². The first kappa shape index (κ1) is 13.1. The fourth-order valence-electron chi connectivity index (χ4n) is 2.10. The summed E-state index contributed by atoms with van der Waals surface area (Å²) in [5, 5.41) is 9.18. The normalized spacial score (nSPS) is 20.9. The van der Waals surface area contributed by atoms with Gasteiger partial charge < -0.3 is 14.3 Å². The Kier molecular flexibility index (Phi) is 3.43. The van der Waals surface area contributed by atoms with Crippen LogP contribution in [0.15, 0.2) is 4.42 Å². The van der Waals surface area contributed by atoms with E-state index in [1.807, 2.05) is 20.8 Å². The highest BCUT2D eigenvalue weighted by molar-refractivity contribution is 5.86. The topological polar surface area (TPSA) is 72.6 Å². The maximum absolute atomic E-state index is 11.2. The van der Waals surface area contributed by atoms with Gasteiger partial charge in [-0.05, 0) is 12.8 Å². The number of carboxylic acid groups (broad SMARTS) is 1. The maximum Gasteiger partial charge on any atom is 0.373 e. The molecule has 0 radical (unpaired) electrons. The van der Waals surface area contributed by atoms with Crippen LogP contribution >= 0.6 is 0 Å². The molecule has 1 aromatic heterocycles. The van der Waals surface area contributed by atoms with Crippen LogP contribution in [-0.4, -0.2) is 29.3 Å². The Bertz CT molecular complexity index is 438. The van der Waals surface area contributed by atoms with Gasteiger partial charge >= 0.3 is 5.97 Å². The van der Waals surface area contributed by atoms with Crippen LogP contribution in [0.1, 0.15) is 61.7 Å². The minimum absolute atomic E-state index is 0.0388. The molecule has 0 amide bonds. The fraction of sp³-hybridized carbons (Fsp3) is 0.692. The summed E-state index contributed by atoms with van der Waals surface area (Å²) in [6.45, 7) is 7.10. The monoisotopic (exact) mass is 253 g/mol. The van der Waals surface area contributed by atoms with Crippen LogP contribution in [0.25, 0.3) is 0 Å². The predicted octanol–water partition coefficient (Wildman–Crippen LogP) is 2.56. The molecule has 1 aliphatic heterocycles. The van der Waals surface area contributed by atoms with E-state index in [1.165, 1.54) is 0 Å². The van der Waals surface area contributed by atoms with Gasteiger partial charge in [-0.2, -0.15) is 0 Å². The lowest BCUT2D eigenvalue weighted by atomic mass is 9.91. The second kappa shape index (κ2) is 4.72. The van der Waals surface area contributed by atoms with E-state index >= 15 is 0 Å². The summed E-state index contributed by atoms with van der Waals surface area (Å²) < 4.78 is 10.8. The van der Waals surface area contributed by atoms with Gasteiger partial charge in [-0.3, -0.25) is 0 Å². The Balaban J connectivity index is 2.35. The van der Waals surface area contributed by atoms with E-state index in [2.05, 4.69) is 4.98 Å². The number of aromatic carboxylic acids is 1. The molecule has 1 atom stereocenters. The van der Waals surface area contributed by atoms with E-state index < -0.39 is 5.97 Å². The summed E-state index contributed by atoms with van der Waals surface area (Å²) in [5.74, 6) is -0.525. The Labute approximate surface area is 106 Å². The molecule has 1 N–H and O–H groups in total. The first-order valence-electron chi connectivity index (χ1n) is 6.22. The highest BCUT2D eigenvalue weighted by Crippen LogP contribution is 2.31. The minimum Gasteiger partial charge on any atom is -0.475 e. The summed E-state index contributed by atoms with van der Waals surface area (Å²) in [7, 11) is 0. The molecule has 0 aromatic carbocycles. The van der Waals surface area contributed by atoms with Crippen LogP contribution in [0, 0.1) is 0 Å². The lowest BCUT2D eigenvalue weighted by Crippen LogP contribution is -2.17. The standard InChI is InChI=1S/C13H19NO4/c1-13(2,3)10-9(12(15)16)18-11(14-10)8-5-4-6-17-7-8/h8H,4-7H2,1-3H3,(H,15,16). The van der Waals surface area contributed by atoms with Crippen LogP contribution in [-0.2, 0) is 10.2 Å². The molecule has 2 rings (SSSR count). The Morgan fingerprint density at radius 3 is 2.61 bits per heavy atom. The quantitative estimate of drug-likeness (QED) is 0.876. The summed E-state index contributed by atoms with van der Waals surface area (Å²) in [6.07, 6.45) is 1.89. The fourth-order valence-corrected chi connectivity index (χ4v) is 2.10. The van der Waals surface area contributed by atoms with Crippen LogP contribution in [0.4, 0.5) is 0 Å². The third-order valence-corrected chi connectivity index (χ3v) is 3.06. The number of carbonyl (C=O) groups is 1. The lowest BCUT2D eigenvalue weighted by molar-refractivity contribution is 0.0624. The molecule has 0 saturated carbocycles. The maximum atomic E-state index is 11.2. The van der Waals surface area contributed by atoms with Gasteiger partial charge in [0.15, 0.2) is 0 Å². The van der Waals surface area contributed by atoms with E-state index in [-0.39, 0.29) is 17.1 Å². The number of carboxylic acids is 1. The lowest BCUT2D eigenvalue weighted by Gasteiger charge is -2.19. The van der Waals surface area contributed by atoms with Gasteiger partial charge in [0.2, 0.25) is 11.7 Å². The zero-order chi connectivity index (χ0) is 13.3. The second-order valence-corrected chi connectivity index (χ2v) is 5.70. The first-order valence-corrected chi connectivity index (χ1v) is 6.22. The van der Waals surface area contributed by atoms with Gasteiger partial charge in [0.25, 0.3) is 0 Å². The molecule has 1 unspecified atom stereocenters. The van der Waals surface area contributed by atoms with Crippen molar-refractivity contribution in [3.63, 3.8) is 0 Å². The van der Waals surface area contributed by atoms with Gasteiger partial charge in [0.1, 0.15) is 0 Å². The molecular formula is C13H19NO4. The van der Waals surface area contributed by atoms with Crippen molar-refractivity contribution < 1.29 is 19.1 Å². The van der Waals surface area contributed by atoms with Crippen molar-refractivity contribution >= 4 is 5.97 Å². The van der Waals surface area contributed by atoms with Gasteiger partial charge in [0.05, 0.1) is 18.2 Å². The molecule has 2 heterocycles. The average Bonchev–Trinajstić information content (AvgIpc) is 2.74. The molecule has 1 aromatic rings. The molecule has 18 heavy (non-hydrogen) atoms. The largest absolute Gasteiger partial charge is 0.475 e. The predicted molar refractivity (Wildman–Crippen MR) is 65.0 cm³/mol. The van der Waals surface area contributed by atoms with E-state index in [4.69, 9.17) is 9.15 Å². The van der Waals surface area contributed by atoms with Gasteiger partial charge in [-0.15, -0.1) is 0 Å². The molecule has 5 heteroatoms. The van der Waals surface area contributed by atoms with Crippen LogP contribution < -0.4 is 0 Å². The van der Waals surface area contributed by atoms with E-state index in [1.54, 1.807) is 0 Å². The Hall–Kier alpha value is -1.36. The van der Waals surface area contributed by atoms with Crippen molar-refractivity contribution in [3.8, 4) is 0 Å². The number of ether oxygens (including phenoxy) is 1. The molecule has 1 fully saturated rings. The zero-order valence-corrected chi connectivity index (χ0v) is 11.0. The number of hydrogen-bond acceptors (Lipinski definition) is 4. The van der Waals surface area contributed by atoms with Crippen molar-refractivity contribution in [2.45, 2.75) is 44.9 Å². The zero-order valence-electron chi connectivity index (χ0n) is 11.0. The average molecular weight is 253 g/mol. The molecule has 0 aliphatic carbocycles. The van der Waals surface area contributed by atoms with E-state index in [0.29, 0.717) is 18.2 Å². The number of nitrogens with zero attached hydrogens (tertiary/aromatic N) is 1. The summed E-state index contributed by atoms with van der Waals surface area (Å²) in [4.78, 5) is 15.6. The van der Waals surface area contributed by atoms with Crippen molar-refractivity contribution in [2.75, 3.05) is 13.2 Å². The van der Waals surface area contributed by atoms with Crippen molar-refractivity contribution in [2.24, 2.45) is 0 Å². The Morgan fingerprint density at radius 2 is 2.17 bits per heavy atom. The molecular weight excluding hydrogens is 234 g/mol. The first-order chi connectivity index (χ1) is 8.39. The van der Waals surface area contributed by atoms with Crippen LogP contribution in [0.5, 0.6) is 0 Å². The molecule has 0 spiro atoms. The van der Waals surface area contributed by atoms with Gasteiger partial charge in [0, 0.05) is 12.0 Å². The second-order valence-electron chi connectivity index (χ2n) is 5.70. The number of hydrogen-bond donors (Lipinski definition) is 1. The number of aromatic nitrogens is 1. The number of rotatable bonds is 2. The third-order valence-electron chi connectivity index (χ3n) is 3.06. The Morgan fingerprint density at radius 1 is 1.44 bits per heavy atom. The SMILES string of the molecule is CC(C)(C)c1nc(C2CCCOC2)oc1C(=O)O. The molecule has 5 nitrogen and oxygen atoms in total. The third kappa shape index (κ3) is 2.56. The highest BCUT2D eigenvalue weighted by Gasteiger charge is 2.31. The summed E-state index contributed by atoms with van der Waals surface area (Å²) in [6, 6.07) is 0. The highest BCUT2D eigenvalue weighted by atomic mass is 16.5. The number of oxazole rings is 1. The van der Waals surface area contributed by atoms with Crippen LogP contribution in [0.3, 0.4) is 0 Å². The van der Waals surface area contributed by atoms with Crippen molar-refractivity contribution in [3.05, 3.63) is 17.3 Å². The summed E-state index contributed by atoms with van der Waals surface area (Å²) >= 11 is 0. The minimum atomic E-state index is -1.06. The van der Waals surface area contributed by atoms with Crippen molar-refractivity contribution in [1.82, 2.24) is 4.98 Å². The molecule has 1 aliphatic rings. The molecule has 0 bridgehead atoms. The van der Waals surface area contributed by atoms with Gasteiger partial charge in [-0.25, -0.2) is 9.78 Å². The van der Waals surface area contributed by atoms with E-state index in [0.717, 1.165) is 19.4 Å². The van der Waals surface area contributed by atoms with Gasteiger partial charge in [-0.1, -0.05) is 20.8 Å². The summed E-state index contributed by atoms with van der Waals surface area (Å²) in [5.41, 5.74) is 0.168.